The van der Waals surface area contributed by atoms with Crippen molar-refractivity contribution >= 4 is 23.9 Å². The number of esters is 4. The van der Waals surface area contributed by atoms with Gasteiger partial charge in [-0.15, -0.1) is 0 Å². The van der Waals surface area contributed by atoms with Crippen molar-refractivity contribution in [2.75, 3.05) is 6.61 Å². The average molecular weight is 761 g/mol. The molecule has 1 saturated heterocycles. The normalized spacial score (nSPS) is 24.8. The van der Waals surface area contributed by atoms with Crippen molar-refractivity contribution in [2.24, 2.45) is 17.8 Å². The van der Waals surface area contributed by atoms with Gasteiger partial charge in [-0.05, 0) is 87.8 Å². The standard InChI is InChI=1S/C43H68O11/c1-25(2)16-13-17-26(3)18-14-19-27(4)20-15-22-43(12)23-21-35-30(7)37(28(5)29(6)38(35)54-43)53-42-41(51-34(11)47)40(50-33(10)46)39(49-32(9)45)36(52-42)24-48-31(8)44/h25-27,36,39-42H,13-24H2,1-12H3/t26-,27-,36-,39+,40+,41-,42+,43-/m1/s1. The molecule has 0 radical (unpaired) electrons. The van der Waals surface area contributed by atoms with Crippen molar-refractivity contribution in [3.63, 3.8) is 0 Å². The van der Waals surface area contributed by atoms with E-state index in [1.807, 2.05) is 20.8 Å². The summed E-state index contributed by atoms with van der Waals surface area (Å²) in [6, 6.07) is 0. The van der Waals surface area contributed by atoms with Gasteiger partial charge in [-0.25, -0.2) is 0 Å². The highest BCUT2D eigenvalue weighted by Crippen LogP contribution is 2.46. The van der Waals surface area contributed by atoms with Crippen molar-refractivity contribution in [1.29, 1.82) is 0 Å². The maximum absolute atomic E-state index is 12.4. The predicted molar refractivity (Wildman–Crippen MR) is 205 cm³/mol. The van der Waals surface area contributed by atoms with Gasteiger partial charge in [0.1, 0.15) is 29.8 Å². The number of carbonyl (C=O) groups is 4. The quantitative estimate of drug-likeness (QED) is 0.0992. The zero-order valence-electron chi connectivity index (χ0n) is 35.1. The summed E-state index contributed by atoms with van der Waals surface area (Å²) in [7, 11) is 0. The molecule has 0 bridgehead atoms. The van der Waals surface area contributed by atoms with Gasteiger partial charge in [0.25, 0.3) is 0 Å². The summed E-state index contributed by atoms with van der Waals surface area (Å²) in [5, 5.41) is 0. The van der Waals surface area contributed by atoms with E-state index in [2.05, 4.69) is 34.6 Å². The Morgan fingerprint density at radius 3 is 1.80 bits per heavy atom. The molecule has 1 fully saturated rings. The molecular formula is C43H68O11. The summed E-state index contributed by atoms with van der Waals surface area (Å²) >= 11 is 0. The molecule has 3 rings (SSSR count). The Kier molecular flexibility index (Phi) is 17.1. The van der Waals surface area contributed by atoms with Crippen LogP contribution >= 0.6 is 0 Å². The number of ether oxygens (including phenoxy) is 7. The van der Waals surface area contributed by atoms with Crippen LogP contribution < -0.4 is 9.47 Å². The Labute approximate surface area is 323 Å². The molecule has 54 heavy (non-hydrogen) atoms. The topological polar surface area (TPSA) is 133 Å². The molecule has 0 aliphatic carbocycles. The van der Waals surface area contributed by atoms with Crippen LogP contribution in [0.3, 0.4) is 0 Å². The highest BCUT2D eigenvalue weighted by atomic mass is 16.7. The van der Waals surface area contributed by atoms with Gasteiger partial charge in [0.2, 0.25) is 12.4 Å². The Hall–Kier alpha value is -3.34. The lowest BCUT2D eigenvalue weighted by atomic mass is 9.83. The molecule has 8 atom stereocenters. The van der Waals surface area contributed by atoms with E-state index >= 15 is 0 Å². The van der Waals surface area contributed by atoms with Gasteiger partial charge in [-0.3, -0.25) is 19.2 Å². The summed E-state index contributed by atoms with van der Waals surface area (Å²) in [6.45, 7) is 22.0. The van der Waals surface area contributed by atoms with E-state index < -0.39 is 54.6 Å². The Bertz CT molecular complexity index is 1440. The van der Waals surface area contributed by atoms with E-state index in [1.54, 1.807) is 0 Å². The van der Waals surface area contributed by atoms with E-state index in [0.717, 1.165) is 65.5 Å². The van der Waals surface area contributed by atoms with E-state index in [0.29, 0.717) is 11.7 Å². The third kappa shape index (κ3) is 13.2. The summed E-state index contributed by atoms with van der Waals surface area (Å²) in [5.74, 6) is 0.997. The van der Waals surface area contributed by atoms with E-state index in [4.69, 9.17) is 33.2 Å². The minimum atomic E-state index is -1.32. The fourth-order valence-electron chi connectivity index (χ4n) is 7.84. The largest absolute Gasteiger partial charge is 0.487 e. The van der Waals surface area contributed by atoms with Gasteiger partial charge in [-0.2, -0.15) is 0 Å². The first-order valence-electron chi connectivity index (χ1n) is 20.1. The molecule has 11 heteroatoms. The van der Waals surface area contributed by atoms with Crippen molar-refractivity contribution in [3.8, 4) is 11.5 Å². The Morgan fingerprint density at radius 1 is 0.704 bits per heavy atom. The molecule has 1 aromatic rings. The maximum atomic E-state index is 12.4. The fourth-order valence-corrected chi connectivity index (χ4v) is 7.84. The molecule has 0 saturated carbocycles. The van der Waals surface area contributed by atoms with Crippen LogP contribution in [-0.2, 0) is 49.3 Å². The van der Waals surface area contributed by atoms with Gasteiger partial charge >= 0.3 is 23.9 Å². The summed E-state index contributed by atoms with van der Waals surface area (Å²) < 4.78 is 41.7. The summed E-state index contributed by atoms with van der Waals surface area (Å²) in [6.07, 6.45) is 6.49. The third-order valence-corrected chi connectivity index (χ3v) is 11.0. The minimum absolute atomic E-state index is 0.288. The van der Waals surface area contributed by atoms with E-state index in [1.165, 1.54) is 72.6 Å². The van der Waals surface area contributed by atoms with Gasteiger partial charge in [0.15, 0.2) is 12.2 Å². The molecule has 2 heterocycles. The predicted octanol–water partition coefficient (Wildman–Crippen LogP) is 8.60. The van der Waals surface area contributed by atoms with Crippen LogP contribution in [0.15, 0.2) is 0 Å². The van der Waals surface area contributed by atoms with Crippen LogP contribution in [0.4, 0.5) is 0 Å². The SMILES string of the molecule is CC(=O)OC[C@H]1O[C@@H](Oc2c(C)c(C)c3c(c2C)CC[C@@](C)(CCC[C@H](C)CCC[C@H](C)CCCC(C)C)O3)[C@H](OC(C)=O)[C@@H](OC(C)=O)[C@H]1OC(C)=O. The second-order valence-electron chi connectivity index (χ2n) is 16.6. The minimum Gasteiger partial charge on any atom is -0.487 e. The number of hydrogen-bond acceptors (Lipinski definition) is 11. The third-order valence-electron chi connectivity index (χ3n) is 11.0. The number of carbonyl (C=O) groups excluding carboxylic acids is 4. The zero-order valence-corrected chi connectivity index (χ0v) is 35.1. The number of fused-ring (bicyclic) bond motifs is 1. The monoisotopic (exact) mass is 760 g/mol. The van der Waals surface area contributed by atoms with Gasteiger partial charge in [0, 0.05) is 33.3 Å². The molecule has 0 N–H and O–H groups in total. The fraction of sp³-hybridized carbons (Fsp3) is 0.767. The van der Waals surface area contributed by atoms with Crippen molar-refractivity contribution in [1.82, 2.24) is 0 Å². The van der Waals surface area contributed by atoms with Crippen LogP contribution in [0.1, 0.15) is 149 Å². The highest BCUT2D eigenvalue weighted by Gasteiger charge is 2.53. The molecule has 0 unspecified atom stereocenters. The zero-order chi connectivity index (χ0) is 40.3. The Balaban J connectivity index is 1.77. The lowest BCUT2D eigenvalue weighted by Gasteiger charge is -2.44. The number of benzene rings is 1. The van der Waals surface area contributed by atoms with Crippen LogP contribution in [0, 0.1) is 38.5 Å². The van der Waals surface area contributed by atoms with Gasteiger partial charge < -0.3 is 33.2 Å². The molecule has 2 aliphatic heterocycles. The van der Waals surface area contributed by atoms with Crippen LogP contribution in [0.2, 0.25) is 0 Å². The van der Waals surface area contributed by atoms with Crippen LogP contribution in [-0.4, -0.2) is 66.8 Å². The molecule has 2 aliphatic rings. The van der Waals surface area contributed by atoms with Gasteiger partial charge in [-0.1, -0.05) is 72.6 Å². The van der Waals surface area contributed by atoms with E-state index in [-0.39, 0.29) is 12.2 Å². The van der Waals surface area contributed by atoms with Crippen molar-refractivity contribution in [2.45, 2.75) is 190 Å². The second-order valence-corrected chi connectivity index (χ2v) is 16.6. The van der Waals surface area contributed by atoms with Gasteiger partial charge in [0.05, 0.1) is 0 Å². The van der Waals surface area contributed by atoms with Crippen LogP contribution in [0.25, 0.3) is 0 Å². The molecule has 0 amide bonds. The second kappa shape index (κ2) is 20.5. The van der Waals surface area contributed by atoms with E-state index in [9.17, 15) is 19.2 Å². The molecule has 0 spiro atoms. The summed E-state index contributed by atoms with van der Waals surface area (Å²) in [5.41, 5.74) is 3.35. The Morgan fingerprint density at radius 2 is 1.24 bits per heavy atom. The van der Waals surface area contributed by atoms with Crippen molar-refractivity contribution in [3.05, 3.63) is 22.3 Å². The highest BCUT2D eigenvalue weighted by molar-refractivity contribution is 5.69. The summed E-state index contributed by atoms with van der Waals surface area (Å²) in [4.78, 5) is 48.6. The first-order chi connectivity index (χ1) is 25.3. The lowest BCUT2D eigenvalue weighted by Crippen LogP contribution is -2.63. The van der Waals surface area contributed by atoms with Crippen LogP contribution in [0.5, 0.6) is 11.5 Å². The first-order valence-corrected chi connectivity index (χ1v) is 20.1. The number of hydrogen-bond donors (Lipinski definition) is 0. The maximum Gasteiger partial charge on any atom is 0.303 e. The number of rotatable bonds is 19. The molecule has 306 valence electrons. The molecule has 1 aromatic carbocycles. The average Bonchev–Trinajstić information content (AvgIpc) is 3.06. The molecule has 0 aromatic heterocycles. The smallest absolute Gasteiger partial charge is 0.303 e. The first kappa shape index (κ1) is 45.1. The van der Waals surface area contributed by atoms with Crippen molar-refractivity contribution < 1.29 is 52.3 Å². The molecule has 11 nitrogen and oxygen atoms in total. The molecular weight excluding hydrogens is 692 g/mol. The lowest BCUT2D eigenvalue weighted by molar-refractivity contribution is -0.288.